The second-order valence-corrected chi connectivity index (χ2v) is 5.98. The monoisotopic (exact) mass is 343 g/mol. The van der Waals surface area contributed by atoms with E-state index in [9.17, 15) is 9.18 Å². The molecule has 4 nitrogen and oxygen atoms in total. The van der Waals surface area contributed by atoms with E-state index in [0.29, 0.717) is 23.1 Å². The van der Waals surface area contributed by atoms with Gasteiger partial charge in [0, 0.05) is 5.38 Å². The number of carboxylic acid groups (broad SMARTS) is 1. The topological polar surface area (TPSA) is 59.4 Å². The van der Waals surface area contributed by atoms with Crippen molar-refractivity contribution >= 4 is 17.3 Å². The fraction of sp³-hybridized carbons (Fsp3) is 0.111. The highest BCUT2D eigenvalue weighted by Gasteiger charge is 2.12. The predicted molar refractivity (Wildman–Crippen MR) is 89.6 cm³/mol. The Morgan fingerprint density at radius 3 is 2.67 bits per heavy atom. The molecule has 1 N–H and O–H groups in total. The number of thiazole rings is 1. The van der Waals surface area contributed by atoms with Crippen molar-refractivity contribution in [2.75, 3.05) is 0 Å². The number of carboxylic acids is 1. The van der Waals surface area contributed by atoms with Gasteiger partial charge in [-0.25, -0.2) is 9.37 Å². The fourth-order valence-corrected chi connectivity index (χ4v) is 3.03. The lowest BCUT2D eigenvalue weighted by atomic mass is 10.2. The Morgan fingerprint density at radius 2 is 1.92 bits per heavy atom. The average Bonchev–Trinajstić information content (AvgIpc) is 3.02. The van der Waals surface area contributed by atoms with Gasteiger partial charge >= 0.3 is 5.97 Å². The van der Waals surface area contributed by atoms with Gasteiger partial charge in [-0.3, -0.25) is 4.79 Å². The molecule has 0 saturated carbocycles. The van der Waals surface area contributed by atoms with Crippen LogP contribution in [0.15, 0.2) is 53.9 Å². The van der Waals surface area contributed by atoms with E-state index in [4.69, 9.17) is 9.84 Å². The van der Waals surface area contributed by atoms with Crippen LogP contribution in [0.5, 0.6) is 5.75 Å². The first-order valence-electron chi connectivity index (χ1n) is 7.24. The second-order valence-electron chi connectivity index (χ2n) is 5.13. The normalized spacial score (nSPS) is 10.5. The van der Waals surface area contributed by atoms with Crippen molar-refractivity contribution in [3.05, 3.63) is 71.0 Å². The Hall–Kier alpha value is -2.73. The maximum absolute atomic E-state index is 12.9. The molecule has 0 atom stereocenters. The van der Waals surface area contributed by atoms with Gasteiger partial charge in [-0.1, -0.05) is 24.3 Å². The van der Waals surface area contributed by atoms with Crippen LogP contribution in [0.2, 0.25) is 0 Å². The van der Waals surface area contributed by atoms with Gasteiger partial charge < -0.3 is 9.84 Å². The summed E-state index contributed by atoms with van der Waals surface area (Å²) in [6, 6.07) is 13.6. The number of aromatic nitrogens is 1. The van der Waals surface area contributed by atoms with E-state index in [1.165, 1.54) is 23.5 Å². The van der Waals surface area contributed by atoms with Crippen LogP contribution in [0.1, 0.15) is 11.3 Å². The summed E-state index contributed by atoms with van der Waals surface area (Å²) in [5.74, 6) is -0.543. The summed E-state index contributed by atoms with van der Waals surface area (Å²) < 4.78 is 18.8. The van der Waals surface area contributed by atoms with Crippen molar-refractivity contribution in [3.63, 3.8) is 0 Å². The molecule has 1 aromatic heterocycles. The zero-order valence-corrected chi connectivity index (χ0v) is 13.4. The van der Waals surface area contributed by atoms with Gasteiger partial charge in [-0.05, 0) is 29.8 Å². The lowest BCUT2D eigenvalue weighted by molar-refractivity contribution is -0.136. The summed E-state index contributed by atoms with van der Waals surface area (Å²) >= 11 is 1.38. The quantitative estimate of drug-likeness (QED) is 0.730. The highest BCUT2D eigenvalue weighted by atomic mass is 32.1. The van der Waals surface area contributed by atoms with Crippen LogP contribution in [0.3, 0.4) is 0 Å². The first-order chi connectivity index (χ1) is 11.6. The van der Waals surface area contributed by atoms with Crippen LogP contribution in [0.25, 0.3) is 10.6 Å². The Labute approximate surface area is 142 Å². The Bertz CT molecular complexity index is 845. The predicted octanol–water partition coefficient (Wildman–Crippen LogP) is 4.16. The van der Waals surface area contributed by atoms with Gasteiger partial charge in [0.05, 0.1) is 17.7 Å². The highest BCUT2D eigenvalue weighted by Crippen LogP contribution is 2.32. The summed E-state index contributed by atoms with van der Waals surface area (Å²) in [6.45, 7) is 0.310. The van der Waals surface area contributed by atoms with Crippen LogP contribution in [0.4, 0.5) is 4.39 Å². The molecule has 0 aliphatic heterocycles. The van der Waals surface area contributed by atoms with E-state index >= 15 is 0 Å². The number of carbonyl (C=O) groups is 1. The average molecular weight is 343 g/mol. The van der Waals surface area contributed by atoms with Crippen molar-refractivity contribution < 1.29 is 19.0 Å². The van der Waals surface area contributed by atoms with Crippen LogP contribution >= 0.6 is 11.3 Å². The third-order valence-corrected chi connectivity index (χ3v) is 4.23. The zero-order chi connectivity index (χ0) is 16.9. The van der Waals surface area contributed by atoms with E-state index < -0.39 is 5.97 Å². The van der Waals surface area contributed by atoms with E-state index in [0.717, 1.165) is 11.1 Å². The maximum atomic E-state index is 12.9. The Morgan fingerprint density at radius 1 is 1.17 bits per heavy atom. The maximum Gasteiger partial charge on any atom is 0.309 e. The summed E-state index contributed by atoms with van der Waals surface area (Å²) in [7, 11) is 0. The van der Waals surface area contributed by atoms with Crippen molar-refractivity contribution in [2.45, 2.75) is 13.0 Å². The number of halogens is 1. The van der Waals surface area contributed by atoms with Gasteiger partial charge in [-0.15, -0.1) is 11.3 Å². The molecule has 0 amide bonds. The molecule has 0 fully saturated rings. The molecule has 24 heavy (non-hydrogen) atoms. The van der Waals surface area contributed by atoms with Crippen LogP contribution < -0.4 is 4.74 Å². The first kappa shape index (κ1) is 16.1. The minimum atomic E-state index is -0.910. The molecule has 6 heteroatoms. The van der Waals surface area contributed by atoms with Crippen LogP contribution in [0, 0.1) is 5.82 Å². The van der Waals surface area contributed by atoms with E-state index in [1.807, 2.05) is 24.3 Å². The lowest BCUT2D eigenvalue weighted by Crippen LogP contribution is -2.00. The van der Waals surface area contributed by atoms with Crippen LogP contribution in [-0.4, -0.2) is 16.1 Å². The smallest absolute Gasteiger partial charge is 0.309 e. The van der Waals surface area contributed by atoms with Crippen LogP contribution in [-0.2, 0) is 17.8 Å². The number of nitrogens with zero attached hydrogens (tertiary/aromatic N) is 1. The number of para-hydroxylation sites is 1. The fourth-order valence-electron chi connectivity index (χ4n) is 2.18. The van der Waals surface area contributed by atoms with Gasteiger partial charge in [0.25, 0.3) is 0 Å². The number of aliphatic carboxylic acids is 1. The minimum absolute atomic E-state index is 0.102. The van der Waals surface area contributed by atoms with E-state index in [-0.39, 0.29) is 12.2 Å². The summed E-state index contributed by atoms with van der Waals surface area (Å²) in [6.07, 6.45) is -0.102. The second kappa shape index (κ2) is 7.23. The van der Waals surface area contributed by atoms with Crippen molar-refractivity contribution in [1.82, 2.24) is 4.98 Å². The number of hydrogen-bond acceptors (Lipinski definition) is 4. The SMILES string of the molecule is O=C(O)Cc1csc(-c2ccccc2OCc2ccc(F)cc2)n1. The van der Waals surface area contributed by atoms with Gasteiger partial charge in [-0.2, -0.15) is 0 Å². The van der Waals surface area contributed by atoms with Gasteiger partial charge in [0.15, 0.2) is 0 Å². The molecule has 3 aromatic rings. The first-order valence-corrected chi connectivity index (χ1v) is 8.12. The molecule has 122 valence electrons. The molecule has 0 unspecified atom stereocenters. The van der Waals surface area contributed by atoms with E-state index in [1.54, 1.807) is 17.5 Å². The largest absolute Gasteiger partial charge is 0.488 e. The molecular weight excluding hydrogens is 329 g/mol. The molecule has 1 heterocycles. The third-order valence-electron chi connectivity index (χ3n) is 3.31. The lowest BCUT2D eigenvalue weighted by Gasteiger charge is -2.10. The van der Waals surface area contributed by atoms with Crippen molar-refractivity contribution in [3.8, 4) is 16.3 Å². The summed E-state index contributed by atoms with van der Waals surface area (Å²) in [4.78, 5) is 15.1. The molecule has 0 bridgehead atoms. The number of ether oxygens (including phenoxy) is 1. The molecular formula is C18H14FNO3S. The Kier molecular flexibility index (Phi) is 4.86. The summed E-state index contributed by atoms with van der Waals surface area (Å²) in [5, 5.41) is 11.3. The zero-order valence-electron chi connectivity index (χ0n) is 12.6. The van der Waals surface area contributed by atoms with Gasteiger partial charge in [0.1, 0.15) is 23.2 Å². The number of benzene rings is 2. The summed E-state index contributed by atoms with van der Waals surface area (Å²) in [5.41, 5.74) is 2.19. The molecule has 3 rings (SSSR count). The van der Waals surface area contributed by atoms with E-state index in [2.05, 4.69) is 4.98 Å². The molecule has 2 aromatic carbocycles. The number of rotatable bonds is 6. The van der Waals surface area contributed by atoms with Crippen molar-refractivity contribution in [2.24, 2.45) is 0 Å². The number of hydrogen-bond donors (Lipinski definition) is 1. The molecule has 0 saturated heterocycles. The van der Waals surface area contributed by atoms with Gasteiger partial charge in [0.2, 0.25) is 0 Å². The molecule has 0 aliphatic carbocycles. The molecule has 0 aliphatic rings. The Balaban J connectivity index is 1.78. The molecule has 0 spiro atoms. The standard InChI is InChI=1S/C18H14FNO3S/c19-13-7-5-12(6-8-13)10-23-16-4-2-1-3-15(16)18-20-14(11-24-18)9-17(21)22/h1-8,11H,9-10H2,(H,21,22). The molecule has 0 radical (unpaired) electrons. The minimum Gasteiger partial charge on any atom is -0.488 e. The third kappa shape index (κ3) is 3.97. The highest BCUT2D eigenvalue weighted by molar-refractivity contribution is 7.13. The van der Waals surface area contributed by atoms with Crippen molar-refractivity contribution in [1.29, 1.82) is 0 Å².